The molecule has 0 aromatic carbocycles. The van der Waals surface area contributed by atoms with Crippen LogP contribution < -0.4 is 5.32 Å². The largest absolute Gasteiger partial charge is 0.481 e. The third kappa shape index (κ3) is 3.16. The van der Waals surface area contributed by atoms with Gasteiger partial charge in [-0.05, 0) is 25.0 Å². The highest BCUT2D eigenvalue weighted by Gasteiger charge is 2.31. The highest BCUT2D eigenvalue weighted by Crippen LogP contribution is 2.24. The lowest BCUT2D eigenvalue weighted by atomic mass is 9.95. The van der Waals surface area contributed by atoms with Crippen molar-refractivity contribution in [1.82, 2.24) is 9.88 Å². The number of carboxylic acids is 1. The Morgan fingerprint density at radius 3 is 2.68 bits per heavy atom. The molecule has 2 atom stereocenters. The van der Waals surface area contributed by atoms with Crippen LogP contribution in [0.2, 0.25) is 0 Å². The highest BCUT2D eigenvalue weighted by molar-refractivity contribution is 5.93. The van der Waals surface area contributed by atoms with Gasteiger partial charge in [0.25, 0.3) is 5.91 Å². The zero-order valence-electron chi connectivity index (χ0n) is 11.1. The number of hydrogen-bond acceptors (Lipinski definition) is 2. The van der Waals surface area contributed by atoms with Gasteiger partial charge >= 0.3 is 5.97 Å². The predicted octanol–water partition coefficient (Wildman–Crippen LogP) is 1.79. The molecule has 0 bridgehead atoms. The van der Waals surface area contributed by atoms with Crippen LogP contribution in [-0.4, -0.2) is 27.6 Å². The van der Waals surface area contributed by atoms with Crippen LogP contribution in [0.4, 0.5) is 0 Å². The Kier molecular flexibility index (Phi) is 4.24. The van der Waals surface area contributed by atoms with Gasteiger partial charge in [0.05, 0.1) is 5.92 Å². The van der Waals surface area contributed by atoms with Crippen molar-refractivity contribution in [2.45, 2.75) is 38.1 Å². The van der Waals surface area contributed by atoms with Gasteiger partial charge in [-0.15, -0.1) is 0 Å². The molecule has 1 heterocycles. The van der Waals surface area contributed by atoms with Crippen LogP contribution in [0.5, 0.6) is 0 Å². The molecule has 0 saturated heterocycles. The average Bonchev–Trinajstić information content (AvgIpc) is 2.65. The molecule has 1 aliphatic rings. The third-order valence-corrected chi connectivity index (χ3v) is 3.83. The van der Waals surface area contributed by atoms with Gasteiger partial charge < -0.3 is 15.0 Å². The lowest BCUT2D eigenvalue weighted by Gasteiger charge is -2.22. The van der Waals surface area contributed by atoms with E-state index in [0.717, 1.165) is 25.7 Å². The molecular formula is C14H20N2O3. The van der Waals surface area contributed by atoms with Crippen LogP contribution in [0.1, 0.15) is 42.6 Å². The maximum Gasteiger partial charge on any atom is 0.308 e. The van der Waals surface area contributed by atoms with Crippen molar-refractivity contribution in [3.63, 3.8) is 0 Å². The number of aromatic nitrogens is 1. The molecule has 1 aromatic heterocycles. The summed E-state index contributed by atoms with van der Waals surface area (Å²) < 4.78 is 1.74. The number of hydrogen-bond donors (Lipinski definition) is 2. The first-order chi connectivity index (χ1) is 9.09. The lowest BCUT2D eigenvalue weighted by molar-refractivity contribution is -0.142. The van der Waals surface area contributed by atoms with Gasteiger partial charge in [0, 0.05) is 19.3 Å². The molecule has 2 N–H and O–H groups in total. The standard InChI is InChI=1S/C14H20N2O3/c1-16-9-5-8-12(16)13(17)15-11-7-4-2-3-6-10(11)14(18)19/h5,8-11H,2-4,6-7H2,1H3,(H,15,17)(H,18,19)/t10-,11+/m1/s1. The molecule has 0 aliphatic heterocycles. The van der Waals surface area contributed by atoms with Crippen molar-refractivity contribution in [2.24, 2.45) is 13.0 Å². The summed E-state index contributed by atoms with van der Waals surface area (Å²) in [5, 5.41) is 12.2. The molecule has 1 saturated carbocycles. The lowest BCUT2D eigenvalue weighted by Crippen LogP contribution is -2.43. The molecule has 5 nitrogen and oxygen atoms in total. The molecular weight excluding hydrogens is 244 g/mol. The summed E-state index contributed by atoms with van der Waals surface area (Å²) in [5.74, 6) is -1.46. The van der Waals surface area contributed by atoms with E-state index in [1.165, 1.54) is 0 Å². The van der Waals surface area contributed by atoms with Crippen LogP contribution in [0.25, 0.3) is 0 Å². The van der Waals surface area contributed by atoms with Crippen molar-refractivity contribution >= 4 is 11.9 Å². The summed E-state index contributed by atoms with van der Waals surface area (Å²) in [6, 6.07) is 3.28. The monoisotopic (exact) mass is 264 g/mol. The second kappa shape index (κ2) is 5.91. The predicted molar refractivity (Wildman–Crippen MR) is 70.9 cm³/mol. The Hall–Kier alpha value is -1.78. The van der Waals surface area contributed by atoms with Crippen molar-refractivity contribution in [1.29, 1.82) is 0 Å². The van der Waals surface area contributed by atoms with E-state index in [1.54, 1.807) is 29.9 Å². The molecule has 2 rings (SSSR count). The molecule has 0 spiro atoms. The van der Waals surface area contributed by atoms with E-state index in [0.29, 0.717) is 12.1 Å². The van der Waals surface area contributed by atoms with Crippen LogP contribution in [0.3, 0.4) is 0 Å². The molecule has 1 aliphatic carbocycles. The summed E-state index contributed by atoms with van der Waals surface area (Å²) in [7, 11) is 1.80. The average molecular weight is 264 g/mol. The van der Waals surface area contributed by atoms with E-state index < -0.39 is 11.9 Å². The second-order valence-electron chi connectivity index (χ2n) is 5.17. The number of amides is 1. The van der Waals surface area contributed by atoms with E-state index >= 15 is 0 Å². The zero-order valence-corrected chi connectivity index (χ0v) is 11.1. The summed E-state index contributed by atoms with van der Waals surface area (Å²) in [5.41, 5.74) is 0.563. The SMILES string of the molecule is Cn1cccc1C(=O)N[C@H]1CCCCC[C@H]1C(=O)O. The molecule has 1 amide bonds. The smallest absolute Gasteiger partial charge is 0.308 e. The Morgan fingerprint density at radius 2 is 2.05 bits per heavy atom. The first-order valence-electron chi connectivity index (χ1n) is 6.74. The maximum absolute atomic E-state index is 12.2. The number of carbonyl (C=O) groups is 2. The molecule has 19 heavy (non-hydrogen) atoms. The molecule has 0 radical (unpaired) electrons. The fourth-order valence-corrected chi connectivity index (χ4v) is 2.72. The van der Waals surface area contributed by atoms with E-state index in [-0.39, 0.29) is 11.9 Å². The number of aliphatic carboxylic acids is 1. The number of nitrogens with one attached hydrogen (secondary N) is 1. The third-order valence-electron chi connectivity index (χ3n) is 3.83. The van der Waals surface area contributed by atoms with Gasteiger partial charge in [0.1, 0.15) is 5.69 Å². The highest BCUT2D eigenvalue weighted by atomic mass is 16.4. The quantitative estimate of drug-likeness (QED) is 0.818. The summed E-state index contributed by atoms with van der Waals surface area (Å²) in [4.78, 5) is 23.4. The normalized spacial score (nSPS) is 23.6. The first kappa shape index (κ1) is 13.6. The number of carbonyl (C=O) groups excluding carboxylic acids is 1. The zero-order chi connectivity index (χ0) is 13.8. The van der Waals surface area contributed by atoms with Crippen molar-refractivity contribution in [3.05, 3.63) is 24.0 Å². The maximum atomic E-state index is 12.2. The fraction of sp³-hybridized carbons (Fsp3) is 0.571. The van der Waals surface area contributed by atoms with E-state index in [2.05, 4.69) is 5.32 Å². The Bertz CT molecular complexity index is 467. The van der Waals surface area contributed by atoms with Gasteiger partial charge in [-0.3, -0.25) is 9.59 Å². The van der Waals surface area contributed by atoms with Crippen molar-refractivity contribution in [3.8, 4) is 0 Å². The van der Waals surface area contributed by atoms with Crippen LogP contribution in [0.15, 0.2) is 18.3 Å². The summed E-state index contributed by atoms with van der Waals surface area (Å²) in [6.07, 6.45) is 6.13. The topological polar surface area (TPSA) is 71.3 Å². The van der Waals surface area contributed by atoms with Gasteiger partial charge in [0.15, 0.2) is 0 Å². The van der Waals surface area contributed by atoms with Gasteiger partial charge in [-0.25, -0.2) is 0 Å². The van der Waals surface area contributed by atoms with Crippen LogP contribution in [-0.2, 0) is 11.8 Å². The minimum atomic E-state index is -0.806. The van der Waals surface area contributed by atoms with Crippen molar-refractivity contribution in [2.75, 3.05) is 0 Å². The number of nitrogens with zero attached hydrogens (tertiary/aromatic N) is 1. The van der Waals surface area contributed by atoms with Crippen LogP contribution in [0, 0.1) is 5.92 Å². The Balaban J connectivity index is 2.08. The van der Waals surface area contributed by atoms with Crippen LogP contribution >= 0.6 is 0 Å². The minimum Gasteiger partial charge on any atom is -0.481 e. The second-order valence-corrected chi connectivity index (χ2v) is 5.17. The fourth-order valence-electron chi connectivity index (χ4n) is 2.72. The van der Waals surface area contributed by atoms with Crippen molar-refractivity contribution < 1.29 is 14.7 Å². The number of carboxylic acid groups (broad SMARTS) is 1. The first-order valence-corrected chi connectivity index (χ1v) is 6.74. The number of aryl methyl sites for hydroxylation is 1. The van der Waals surface area contributed by atoms with Gasteiger partial charge in [0.2, 0.25) is 0 Å². The summed E-state index contributed by atoms with van der Waals surface area (Å²) >= 11 is 0. The molecule has 5 heteroatoms. The molecule has 0 unspecified atom stereocenters. The molecule has 1 fully saturated rings. The van der Waals surface area contributed by atoms with Gasteiger partial charge in [-0.2, -0.15) is 0 Å². The Labute approximate surface area is 112 Å². The van der Waals surface area contributed by atoms with E-state index in [4.69, 9.17) is 0 Å². The number of rotatable bonds is 3. The summed E-state index contributed by atoms with van der Waals surface area (Å²) in [6.45, 7) is 0. The Morgan fingerprint density at radius 1 is 1.32 bits per heavy atom. The van der Waals surface area contributed by atoms with E-state index in [9.17, 15) is 14.7 Å². The molecule has 1 aromatic rings. The van der Waals surface area contributed by atoms with E-state index in [1.807, 2.05) is 0 Å². The molecule has 104 valence electrons. The van der Waals surface area contributed by atoms with Gasteiger partial charge in [-0.1, -0.05) is 19.3 Å². The minimum absolute atomic E-state index is 0.189.